The van der Waals surface area contributed by atoms with Gasteiger partial charge in [-0.2, -0.15) is 5.26 Å². The summed E-state index contributed by atoms with van der Waals surface area (Å²) in [5, 5.41) is 11.5. The first-order chi connectivity index (χ1) is 6.65. The SMILES string of the molecule is C=CCC(C)NC(=O)C(C#N)CCC. The average Bonchev–Trinajstić information content (AvgIpc) is 2.14. The fourth-order valence-corrected chi connectivity index (χ4v) is 1.20. The van der Waals surface area contributed by atoms with Crippen LogP contribution in [-0.2, 0) is 4.79 Å². The number of amides is 1. The minimum Gasteiger partial charge on any atom is -0.352 e. The van der Waals surface area contributed by atoms with Crippen LogP contribution in [0.2, 0.25) is 0 Å². The van der Waals surface area contributed by atoms with Crippen LogP contribution in [0.3, 0.4) is 0 Å². The number of carbonyl (C=O) groups is 1. The molecule has 0 bridgehead atoms. The first-order valence-electron chi connectivity index (χ1n) is 4.96. The molecule has 78 valence electrons. The molecule has 0 fully saturated rings. The Balaban J connectivity index is 4.04. The highest BCUT2D eigenvalue weighted by Gasteiger charge is 2.17. The maximum Gasteiger partial charge on any atom is 0.237 e. The van der Waals surface area contributed by atoms with Crippen LogP contribution in [0.25, 0.3) is 0 Å². The van der Waals surface area contributed by atoms with Gasteiger partial charge in [-0.3, -0.25) is 4.79 Å². The molecule has 3 heteroatoms. The van der Waals surface area contributed by atoms with Gasteiger partial charge in [0.15, 0.2) is 0 Å². The highest BCUT2D eigenvalue weighted by atomic mass is 16.1. The summed E-state index contributed by atoms with van der Waals surface area (Å²) in [5.41, 5.74) is 0. The lowest BCUT2D eigenvalue weighted by molar-refractivity contribution is -0.124. The summed E-state index contributed by atoms with van der Waals surface area (Å²) in [6.07, 6.45) is 3.97. The third-order valence-corrected chi connectivity index (χ3v) is 1.96. The van der Waals surface area contributed by atoms with Gasteiger partial charge in [0.2, 0.25) is 5.91 Å². The van der Waals surface area contributed by atoms with E-state index in [9.17, 15) is 4.79 Å². The molecule has 0 heterocycles. The summed E-state index contributed by atoms with van der Waals surface area (Å²) in [4.78, 5) is 11.5. The lowest BCUT2D eigenvalue weighted by atomic mass is 10.0. The van der Waals surface area contributed by atoms with E-state index in [2.05, 4.69) is 11.9 Å². The van der Waals surface area contributed by atoms with Crippen molar-refractivity contribution in [3.05, 3.63) is 12.7 Å². The molecular weight excluding hydrogens is 176 g/mol. The molecule has 2 unspecified atom stereocenters. The molecule has 1 amide bonds. The summed E-state index contributed by atoms with van der Waals surface area (Å²) >= 11 is 0. The fraction of sp³-hybridized carbons (Fsp3) is 0.636. The van der Waals surface area contributed by atoms with Crippen molar-refractivity contribution in [2.24, 2.45) is 5.92 Å². The van der Waals surface area contributed by atoms with Crippen LogP contribution in [0.4, 0.5) is 0 Å². The molecule has 0 spiro atoms. The van der Waals surface area contributed by atoms with E-state index in [0.29, 0.717) is 6.42 Å². The van der Waals surface area contributed by atoms with Crippen molar-refractivity contribution in [3.63, 3.8) is 0 Å². The van der Waals surface area contributed by atoms with Crippen LogP contribution in [0.1, 0.15) is 33.1 Å². The molecule has 0 aromatic rings. The van der Waals surface area contributed by atoms with Crippen molar-refractivity contribution >= 4 is 5.91 Å². The lowest BCUT2D eigenvalue weighted by Gasteiger charge is -2.14. The number of nitrogens with zero attached hydrogens (tertiary/aromatic N) is 1. The number of carbonyl (C=O) groups excluding carboxylic acids is 1. The molecule has 0 aromatic heterocycles. The van der Waals surface area contributed by atoms with Gasteiger partial charge in [0.25, 0.3) is 0 Å². The second kappa shape index (κ2) is 7.14. The summed E-state index contributed by atoms with van der Waals surface area (Å²) < 4.78 is 0. The van der Waals surface area contributed by atoms with Crippen LogP contribution in [0.5, 0.6) is 0 Å². The molecule has 2 atom stereocenters. The Morgan fingerprint density at radius 3 is 2.79 bits per heavy atom. The Hall–Kier alpha value is -1.30. The van der Waals surface area contributed by atoms with Gasteiger partial charge in [0.05, 0.1) is 6.07 Å². The Bertz CT molecular complexity index is 230. The summed E-state index contributed by atoms with van der Waals surface area (Å²) in [6, 6.07) is 2.08. The van der Waals surface area contributed by atoms with E-state index in [1.54, 1.807) is 6.08 Å². The zero-order valence-corrected chi connectivity index (χ0v) is 8.92. The van der Waals surface area contributed by atoms with Gasteiger partial charge in [-0.15, -0.1) is 6.58 Å². The Labute approximate surface area is 85.8 Å². The largest absolute Gasteiger partial charge is 0.352 e. The zero-order valence-electron chi connectivity index (χ0n) is 8.92. The van der Waals surface area contributed by atoms with E-state index in [0.717, 1.165) is 12.8 Å². The van der Waals surface area contributed by atoms with E-state index in [-0.39, 0.29) is 11.9 Å². The van der Waals surface area contributed by atoms with Gasteiger partial charge in [0, 0.05) is 6.04 Å². The molecule has 0 aliphatic heterocycles. The van der Waals surface area contributed by atoms with Crippen LogP contribution in [0, 0.1) is 17.2 Å². The van der Waals surface area contributed by atoms with E-state index in [1.165, 1.54) is 0 Å². The van der Waals surface area contributed by atoms with Crippen molar-refractivity contribution in [1.82, 2.24) is 5.32 Å². The third-order valence-electron chi connectivity index (χ3n) is 1.96. The molecule has 0 radical (unpaired) electrons. The number of nitrogens with one attached hydrogen (secondary N) is 1. The first-order valence-corrected chi connectivity index (χ1v) is 4.96. The van der Waals surface area contributed by atoms with Gasteiger partial charge in [0.1, 0.15) is 5.92 Å². The maximum atomic E-state index is 11.5. The molecule has 0 rings (SSSR count). The van der Waals surface area contributed by atoms with E-state index < -0.39 is 5.92 Å². The minimum absolute atomic E-state index is 0.0627. The van der Waals surface area contributed by atoms with Gasteiger partial charge in [-0.05, 0) is 19.8 Å². The smallest absolute Gasteiger partial charge is 0.237 e. The zero-order chi connectivity index (χ0) is 11.0. The van der Waals surface area contributed by atoms with E-state index in [4.69, 9.17) is 5.26 Å². The lowest BCUT2D eigenvalue weighted by Crippen LogP contribution is -2.36. The second-order valence-corrected chi connectivity index (χ2v) is 3.40. The van der Waals surface area contributed by atoms with Gasteiger partial charge >= 0.3 is 0 Å². The fourth-order valence-electron chi connectivity index (χ4n) is 1.20. The van der Waals surface area contributed by atoms with E-state index >= 15 is 0 Å². The Kier molecular flexibility index (Phi) is 6.47. The number of rotatable bonds is 6. The summed E-state index contributed by atoms with van der Waals surface area (Å²) in [6.45, 7) is 7.46. The molecule has 0 aliphatic carbocycles. The van der Waals surface area contributed by atoms with Crippen molar-refractivity contribution in [3.8, 4) is 6.07 Å². The molecule has 0 aliphatic rings. The maximum absolute atomic E-state index is 11.5. The molecular formula is C11H18N2O. The second-order valence-electron chi connectivity index (χ2n) is 3.40. The molecule has 0 saturated carbocycles. The topological polar surface area (TPSA) is 52.9 Å². The van der Waals surface area contributed by atoms with Crippen molar-refractivity contribution in [2.75, 3.05) is 0 Å². The predicted octanol–water partition coefficient (Wildman–Crippen LogP) is 2.01. The first kappa shape index (κ1) is 12.7. The number of nitriles is 1. The van der Waals surface area contributed by atoms with Crippen LogP contribution >= 0.6 is 0 Å². The third kappa shape index (κ3) is 4.66. The quantitative estimate of drug-likeness (QED) is 0.657. The van der Waals surface area contributed by atoms with Gasteiger partial charge in [-0.1, -0.05) is 19.4 Å². The summed E-state index contributed by atoms with van der Waals surface area (Å²) in [5.74, 6) is -0.670. The van der Waals surface area contributed by atoms with Crippen LogP contribution < -0.4 is 5.32 Å². The number of hydrogen-bond acceptors (Lipinski definition) is 2. The van der Waals surface area contributed by atoms with Gasteiger partial charge < -0.3 is 5.32 Å². The normalized spacial score (nSPS) is 13.8. The molecule has 14 heavy (non-hydrogen) atoms. The standard InChI is InChI=1S/C11H18N2O/c1-4-6-9(3)13-11(14)10(8-12)7-5-2/h4,9-10H,1,5-7H2,2-3H3,(H,13,14). The molecule has 0 aromatic carbocycles. The summed E-state index contributed by atoms with van der Waals surface area (Å²) in [7, 11) is 0. The highest BCUT2D eigenvalue weighted by Crippen LogP contribution is 2.05. The van der Waals surface area contributed by atoms with Crippen molar-refractivity contribution in [2.45, 2.75) is 39.2 Å². The number of hydrogen-bond donors (Lipinski definition) is 1. The average molecular weight is 194 g/mol. The molecule has 1 N–H and O–H groups in total. The van der Waals surface area contributed by atoms with Crippen molar-refractivity contribution in [1.29, 1.82) is 5.26 Å². The monoisotopic (exact) mass is 194 g/mol. The molecule has 0 saturated heterocycles. The predicted molar refractivity (Wildman–Crippen MR) is 56.4 cm³/mol. The highest BCUT2D eigenvalue weighted by molar-refractivity contribution is 5.81. The Morgan fingerprint density at radius 2 is 2.36 bits per heavy atom. The Morgan fingerprint density at radius 1 is 1.71 bits per heavy atom. The van der Waals surface area contributed by atoms with Gasteiger partial charge in [-0.25, -0.2) is 0 Å². The van der Waals surface area contributed by atoms with Crippen LogP contribution in [-0.4, -0.2) is 11.9 Å². The molecule has 3 nitrogen and oxygen atoms in total. The minimum atomic E-state index is -0.507. The van der Waals surface area contributed by atoms with E-state index in [1.807, 2.05) is 19.9 Å². The van der Waals surface area contributed by atoms with Crippen molar-refractivity contribution < 1.29 is 4.79 Å². The van der Waals surface area contributed by atoms with Crippen LogP contribution in [0.15, 0.2) is 12.7 Å².